The normalized spacial score (nSPS) is 11.4. The van der Waals surface area contributed by atoms with Gasteiger partial charge in [-0.1, -0.05) is 12.1 Å². The van der Waals surface area contributed by atoms with E-state index in [9.17, 15) is 9.18 Å². The number of aromatic nitrogens is 5. The fourth-order valence-electron chi connectivity index (χ4n) is 4.75. The molecule has 0 aliphatic heterocycles. The predicted molar refractivity (Wildman–Crippen MR) is 154 cm³/mol. The van der Waals surface area contributed by atoms with Gasteiger partial charge in [0.15, 0.2) is 0 Å². The molecule has 4 heterocycles. The van der Waals surface area contributed by atoms with E-state index in [0.717, 1.165) is 33.2 Å². The number of hydrogen-bond donors (Lipinski definition) is 3. The molecule has 0 aliphatic rings. The molecule has 0 aliphatic carbocycles. The lowest BCUT2D eigenvalue weighted by atomic mass is 10.0. The molecular formula is C30H26FN7O2. The van der Waals surface area contributed by atoms with Gasteiger partial charge in [-0.2, -0.15) is 5.10 Å². The number of pyridine rings is 2. The van der Waals surface area contributed by atoms with Crippen molar-refractivity contribution in [3.05, 3.63) is 78.9 Å². The third kappa shape index (κ3) is 4.87. The van der Waals surface area contributed by atoms with E-state index in [1.165, 1.54) is 19.2 Å². The summed E-state index contributed by atoms with van der Waals surface area (Å²) >= 11 is 0. The number of ether oxygens (including phenoxy) is 1. The van der Waals surface area contributed by atoms with Crippen molar-refractivity contribution < 1.29 is 13.9 Å². The first-order valence-electron chi connectivity index (χ1n) is 12.6. The monoisotopic (exact) mass is 535 g/mol. The zero-order chi connectivity index (χ0) is 27.8. The Labute approximate surface area is 229 Å². The molecule has 0 fully saturated rings. The van der Waals surface area contributed by atoms with Gasteiger partial charge in [0.05, 0.1) is 42.4 Å². The van der Waals surface area contributed by atoms with E-state index in [4.69, 9.17) is 9.72 Å². The van der Waals surface area contributed by atoms with E-state index in [1.54, 1.807) is 17.3 Å². The van der Waals surface area contributed by atoms with Gasteiger partial charge in [0.2, 0.25) is 5.91 Å². The van der Waals surface area contributed by atoms with Crippen LogP contribution in [0.25, 0.3) is 55.7 Å². The number of anilines is 1. The smallest absolute Gasteiger partial charge is 0.238 e. The average molecular weight is 536 g/mol. The third-order valence-corrected chi connectivity index (χ3v) is 6.52. The number of fused-ring (bicyclic) bond motifs is 2. The number of hydrogen-bond acceptors (Lipinski definition) is 6. The minimum Gasteiger partial charge on any atom is -0.497 e. The average Bonchev–Trinajstić information content (AvgIpc) is 3.56. The quantitative estimate of drug-likeness (QED) is 0.250. The van der Waals surface area contributed by atoms with Gasteiger partial charge < -0.3 is 19.9 Å². The molecule has 40 heavy (non-hydrogen) atoms. The zero-order valence-electron chi connectivity index (χ0n) is 22.1. The second-order valence-corrected chi connectivity index (χ2v) is 9.74. The maximum Gasteiger partial charge on any atom is 0.238 e. The Morgan fingerprint density at radius 3 is 2.73 bits per heavy atom. The van der Waals surface area contributed by atoms with Crippen LogP contribution in [0.2, 0.25) is 0 Å². The SMILES string of the molecule is COc1cc(F)cc(-c2cccc3[nH]c(-c4n[nH]c5ccc(-c6cncc(NC(=O)CN(C)C)c6)nc45)cc23)c1. The van der Waals surface area contributed by atoms with E-state index in [-0.39, 0.29) is 18.3 Å². The minimum absolute atomic E-state index is 0.126. The van der Waals surface area contributed by atoms with Crippen LogP contribution in [0.4, 0.5) is 10.1 Å². The summed E-state index contributed by atoms with van der Waals surface area (Å²) < 4.78 is 19.6. The van der Waals surface area contributed by atoms with Crippen LogP contribution in [0.15, 0.2) is 73.1 Å². The summed E-state index contributed by atoms with van der Waals surface area (Å²) in [6, 6.07) is 18.1. The van der Waals surface area contributed by atoms with Crippen LogP contribution >= 0.6 is 0 Å². The van der Waals surface area contributed by atoms with Gasteiger partial charge in [0, 0.05) is 28.7 Å². The highest BCUT2D eigenvalue weighted by atomic mass is 19.1. The van der Waals surface area contributed by atoms with E-state index in [0.29, 0.717) is 33.9 Å². The lowest BCUT2D eigenvalue weighted by molar-refractivity contribution is -0.116. The maximum absolute atomic E-state index is 14.3. The first kappa shape index (κ1) is 25.2. The summed E-state index contributed by atoms with van der Waals surface area (Å²) in [5, 5.41) is 11.4. The summed E-state index contributed by atoms with van der Waals surface area (Å²) in [6.45, 7) is 0.270. The molecule has 10 heteroatoms. The molecule has 0 unspecified atom stereocenters. The van der Waals surface area contributed by atoms with Crippen LogP contribution in [0.1, 0.15) is 0 Å². The van der Waals surface area contributed by atoms with Crippen molar-refractivity contribution in [2.24, 2.45) is 0 Å². The van der Waals surface area contributed by atoms with Crippen molar-refractivity contribution in [2.75, 3.05) is 33.1 Å². The molecule has 0 saturated carbocycles. The van der Waals surface area contributed by atoms with E-state index in [1.807, 2.05) is 62.6 Å². The molecule has 4 aromatic heterocycles. The molecule has 1 amide bonds. The van der Waals surface area contributed by atoms with Crippen molar-refractivity contribution in [3.8, 4) is 39.5 Å². The number of methoxy groups -OCH3 is 1. The molecule has 3 N–H and O–H groups in total. The molecule has 0 radical (unpaired) electrons. The lowest BCUT2D eigenvalue weighted by Crippen LogP contribution is -2.27. The Hall–Kier alpha value is -5.09. The lowest BCUT2D eigenvalue weighted by Gasteiger charge is -2.10. The second-order valence-electron chi connectivity index (χ2n) is 9.74. The van der Waals surface area contributed by atoms with E-state index < -0.39 is 0 Å². The Kier molecular flexibility index (Phi) is 6.45. The molecule has 2 aromatic carbocycles. The summed E-state index contributed by atoms with van der Waals surface area (Å²) in [7, 11) is 5.19. The van der Waals surface area contributed by atoms with Crippen LogP contribution < -0.4 is 10.1 Å². The van der Waals surface area contributed by atoms with Crippen molar-refractivity contribution in [3.63, 3.8) is 0 Å². The standard InChI is InChI=1S/C30H26FN7O2/c1-38(2)16-28(39)33-20-10-18(14-32-15-20)24-7-8-26-29(35-24)30(37-36-26)27-13-23-22(5-4-6-25(23)34-27)17-9-19(31)12-21(11-17)40-3/h4-15,34H,16H2,1-3H3,(H,33,39)(H,36,37). The zero-order valence-corrected chi connectivity index (χ0v) is 22.1. The Morgan fingerprint density at radius 1 is 1.02 bits per heavy atom. The number of aromatic amines is 2. The highest BCUT2D eigenvalue weighted by Crippen LogP contribution is 2.35. The number of carbonyl (C=O) groups excluding carboxylic acids is 1. The van der Waals surface area contributed by atoms with Crippen molar-refractivity contribution in [1.82, 2.24) is 30.0 Å². The molecule has 6 aromatic rings. The molecule has 200 valence electrons. The van der Waals surface area contributed by atoms with Gasteiger partial charge in [-0.15, -0.1) is 0 Å². The highest BCUT2D eigenvalue weighted by Gasteiger charge is 2.16. The van der Waals surface area contributed by atoms with Crippen LogP contribution in [-0.4, -0.2) is 63.7 Å². The van der Waals surface area contributed by atoms with Gasteiger partial charge in [0.1, 0.15) is 22.8 Å². The summed E-state index contributed by atoms with van der Waals surface area (Å²) in [5.41, 5.74) is 7.38. The summed E-state index contributed by atoms with van der Waals surface area (Å²) in [6.07, 6.45) is 3.31. The van der Waals surface area contributed by atoms with Gasteiger partial charge in [-0.3, -0.25) is 14.9 Å². The fourth-order valence-corrected chi connectivity index (χ4v) is 4.75. The molecule has 9 nitrogen and oxygen atoms in total. The molecular weight excluding hydrogens is 509 g/mol. The van der Waals surface area contributed by atoms with Gasteiger partial charge in [-0.05, 0) is 67.7 Å². The molecule has 6 rings (SSSR count). The number of nitrogens with zero attached hydrogens (tertiary/aromatic N) is 4. The Bertz CT molecular complexity index is 1880. The Morgan fingerprint density at radius 2 is 1.90 bits per heavy atom. The molecule has 0 spiro atoms. The minimum atomic E-state index is -0.368. The number of rotatable bonds is 7. The summed E-state index contributed by atoms with van der Waals surface area (Å²) in [4.78, 5) is 26.6. The first-order valence-corrected chi connectivity index (χ1v) is 12.6. The van der Waals surface area contributed by atoms with Crippen LogP contribution in [0, 0.1) is 5.82 Å². The highest BCUT2D eigenvalue weighted by molar-refractivity contribution is 6.00. The number of benzene rings is 2. The van der Waals surface area contributed by atoms with Crippen LogP contribution in [0.3, 0.4) is 0 Å². The van der Waals surface area contributed by atoms with E-state index >= 15 is 0 Å². The van der Waals surface area contributed by atoms with Crippen molar-refractivity contribution in [1.29, 1.82) is 0 Å². The van der Waals surface area contributed by atoms with Crippen molar-refractivity contribution >= 4 is 33.5 Å². The number of halogens is 1. The molecule has 0 bridgehead atoms. The molecule has 0 atom stereocenters. The molecule has 0 saturated heterocycles. The summed E-state index contributed by atoms with van der Waals surface area (Å²) in [5.74, 6) is -0.0408. The fraction of sp³-hybridized carbons (Fsp3) is 0.133. The number of H-pyrrole nitrogens is 2. The largest absolute Gasteiger partial charge is 0.497 e. The second kappa shape index (κ2) is 10.2. The van der Waals surface area contributed by atoms with Crippen molar-refractivity contribution in [2.45, 2.75) is 0 Å². The number of likely N-dealkylation sites (N-methyl/N-ethyl adjacent to an activating group) is 1. The van der Waals surface area contributed by atoms with Gasteiger partial charge in [-0.25, -0.2) is 9.37 Å². The van der Waals surface area contributed by atoms with Crippen LogP contribution in [-0.2, 0) is 4.79 Å². The first-order chi connectivity index (χ1) is 19.4. The van der Waals surface area contributed by atoms with Gasteiger partial charge in [0.25, 0.3) is 0 Å². The number of carbonyl (C=O) groups is 1. The topological polar surface area (TPSA) is 112 Å². The van der Waals surface area contributed by atoms with Gasteiger partial charge >= 0.3 is 0 Å². The third-order valence-electron chi connectivity index (χ3n) is 6.52. The number of amides is 1. The van der Waals surface area contributed by atoms with Crippen LogP contribution in [0.5, 0.6) is 5.75 Å². The van der Waals surface area contributed by atoms with E-state index in [2.05, 4.69) is 25.5 Å². The predicted octanol–water partition coefficient (Wildman–Crippen LogP) is 5.48. The Balaban J connectivity index is 1.38. The number of nitrogens with one attached hydrogen (secondary N) is 3. The maximum atomic E-state index is 14.3.